The van der Waals surface area contributed by atoms with Gasteiger partial charge in [0, 0.05) is 7.05 Å². The van der Waals surface area contributed by atoms with E-state index in [1.165, 1.54) is 4.57 Å². The van der Waals surface area contributed by atoms with Gasteiger partial charge in [-0.2, -0.15) is 5.10 Å². The zero-order valence-corrected chi connectivity index (χ0v) is 5.83. The first-order valence-corrected chi connectivity index (χ1v) is 2.92. The zero-order chi connectivity index (χ0) is 7.72. The Morgan fingerprint density at radius 1 is 1.80 bits per heavy atom. The van der Waals surface area contributed by atoms with Crippen LogP contribution in [0.2, 0.25) is 0 Å². The van der Waals surface area contributed by atoms with Crippen LogP contribution < -0.4 is 5.69 Å². The minimum Gasteiger partial charge on any atom is -0.385 e. The van der Waals surface area contributed by atoms with Gasteiger partial charge in [0.25, 0.3) is 0 Å². The maximum Gasteiger partial charge on any atom is 0.343 e. The number of H-pyrrole nitrogens is 1. The maximum atomic E-state index is 10.7. The molecule has 0 aliphatic rings. The molecule has 5 nitrogen and oxygen atoms in total. The summed E-state index contributed by atoms with van der Waals surface area (Å²) in [5, 5.41) is 14.8. The Hall–Kier alpha value is -1.10. The van der Waals surface area contributed by atoms with E-state index in [9.17, 15) is 4.79 Å². The molecule has 0 saturated carbocycles. The summed E-state index contributed by atoms with van der Waals surface area (Å²) in [6.45, 7) is 1.55. The predicted octanol–water partition coefficient (Wildman–Crippen LogP) is -0.838. The van der Waals surface area contributed by atoms with E-state index in [1.54, 1.807) is 14.0 Å². The maximum absolute atomic E-state index is 10.7. The number of hydrogen-bond acceptors (Lipinski definition) is 3. The van der Waals surface area contributed by atoms with Crippen molar-refractivity contribution in [3.8, 4) is 0 Å². The van der Waals surface area contributed by atoms with Gasteiger partial charge in [-0.3, -0.25) is 4.57 Å². The number of rotatable bonds is 1. The van der Waals surface area contributed by atoms with E-state index in [4.69, 9.17) is 5.11 Å². The molecule has 0 amide bonds. The Morgan fingerprint density at radius 2 is 2.40 bits per heavy atom. The van der Waals surface area contributed by atoms with Crippen LogP contribution in [0.3, 0.4) is 0 Å². The summed E-state index contributed by atoms with van der Waals surface area (Å²) in [5.74, 6) is 0.352. The highest BCUT2D eigenvalue weighted by molar-refractivity contribution is 4.87. The van der Waals surface area contributed by atoms with Crippen LogP contribution in [-0.4, -0.2) is 19.9 Å². The van der Waals surface area contributed by atoms with Crippen LogP contribution in [0, 0.1) is 0 Å². The first-order valence-electron chi connectivity index (χ1n) is 2.92. The van der Waals surface area contributed by atoms with Crippen LogP contribution in [0.15, 0.2) is 4.79 Å². The van der Waals surface area contributed by atoms with E-state index in [2.05, 4.69) is 10.2 Å². The largest absolute Gasteiger partial charge is 0.385 e. The van der Waals surface area contributed by atoms with Crippen LogP contribution in [0.1, 0.15) is 18.9 Å². The van der Waals surface area contributed by atoms with Gasteiger partial charge in [-0.1, -0.05) is 0 Å². The van der Waals surface area contributed by atoms with Crippen LogP contribution in [-0.2, 0) is 7.05 Å². The SMILES string of the molecule is C[C@H](O)c1n[nH]c(=O)n1C. The second-order valence-corrected chi connectivity index (χ2v) is 2.12. The quantitative estimate of drug-likeness (QED) is 0.538. The molecular weight excluding hydrogens is 134 g/mol. The summed E-state index contributed by atoms with van der Waals surface area (Å²) < 4.78 is 1.27. The molecule has 1 aromatic heterocycles. The molecule has 0 spiro atoms. The average Bonchev–Trinajstić information content (AvgIpc) is 2.14. The average molecular weight is 143 g/mol. The molecule has 56 valence electrons. The Bertz CT molecular complexity index is 273. The second kappa shape index (κ2) is 2.26. The fourth-order valence-electron chi connectivity index (χ4n) is 0.733. The number of aromatic amines is 1. The molecule has 0 bridgehead atoms. The van der Waals surface area contributed by atoms with Crippen LogP contribution >= 0.6 is 0 Å². The van der Waals surface area contributed by atoms with E-state index in [0.717, 1.165) is 0 Å². The molecule has 0 aromatic carbocycles. The third-order valence-corrected chi connectivity index (χ3v) is 1.29. The molecule has 0 aliphatic carbocycles. The molecule has 10 heavy (non-hydrogen) atoms. The summed E-state index contributed by atoms with van der Waals surface area (Å²) in [5.41, 5.74) is -0.309. The molecule has 1 rings (SSSR count). The van der Waals surface area contributed by atoms with Crippen molar-refractivity contribution in [3.63, 3.8) is 0 Å². The second-order valence-electron chi connectivity index (χ2n) is 2.12. The number of aromatic nitrogens is 3. The molecule has 1 atom stereocenters. The van der Waals surface area contributed by atoms with Gasteiger partial charge >= 0.3 is 5.69 Å². The fourth-order valence-corrected chi connectivity index (χ4v) is 0.733. The lowest BCUT2D eigenvalue weighted by Gasteiger charge is -1.99. The van der Waals surface area contributed by atoms with Crippen molar-refractivity contribution in [2.75, 3.05) is 0 Å². The van der Waals surface area contributed by atoms with Crippen molar-refractivity contribution in [2.45, 2.75) is 13.0 Å². The molecule has 5 heteroatoms. The van der Waals surface area contributed by atoms with Gasteiger partial charge in [0.1, 0.15) is 6.10 Å². The van der Waals surface area contributed by atoms with Crippen molar-refractivity contribution in [3.05, 3.63) is 16.3 Å². The van der Waals surface area contributed by atoms with E-state index in [0.29, 0.717) is 5.82 Å². The zero-order valence-electron chi connectivity index (χ0n) is 5.83. The Morgan fingerprint density at radius 3 is 2.60 bits per heavy atom. The van der Waals surface area contributed by atoms with Crippen molar-refractivity contribution in [1.82, 2.24) is 14.8 Å². The molecule has 0 unspecified atom stereocenters. The Labute approximate surface area is 57.3 Å². The van der Waals surface area contributed by atoms with E-state index in [-0.39, 0.29) is 5.69 Å². The highest BCUT2D eigenvalue weighted by atomic mass is 16.3. The Kier molecular flexibility index (Phi) is 1.58. The minimum atomic E-state index is -0.705. The monoisotopic (exact) mass is 143 g/mol. The van der Waals surface area contributed by atoms with Crippen molar-refractivity contribution < 1.29 is 5.11 Å². The number of nitrogens with one attached hydrogen (secondary N) is 1. The standard InChI is InChI=1S/C5H9N3O2/c1-3(9)4-6-7-5(10)8(4)2/h3,9H,1-2H3,(H,7,10)/t3-/m0/s1. The van der Waals surface area contributed by atoms with Crippen molar-refractivity contribution in [1.29, 1.82) is 0 Å². The summed E-state index contributed by atoms with van der Waals surface area (Å²) in [7, 11) is 1.55. The summed E-state index contributed by atoms with van der Waals surface area (Å²) in [6, 6.07) is 0. The summed E-state index contributed by atoms with van der Waals surface area (Å²) in [4.78, 5) is 10.7. The fraction of sp³-hybridized carbons (Fsp3) is 0.600. The van der Waals surface area contributed by atoms with Crippen molar-refractivity contribution in [2.24, 2.45) is 7.05 Å². The van der Waals surface area contributed by atoms with Crippen molar-refractivity contribution >= 4 is 0 Å². The molecule has 0 saturated heterocycles. The number of aliphatic hydroxyl groups excluding tert-OH is 1. The van der Waals surface area contributed by atoms with Gasteiger partial charge in [-0.15, -0.1) is 0 Å². The van der Waals surface area contributed by atoms with Gasteiger partial charge in [0.2, 0.25) is 0 Å². The van der Waals surface area contributed by atoms with E-state index in [1.807, 2.05) is 0 Å². The number of aliphatic hydroxyl groups is 1. The molecule has 0 aliphatic heterocycles. The van der Waals surface area contributed by atoms with Crippen LogP contribution in [0.25, 0.3) is 0 Å². The van der Waals surface area contributed by atoms with E-state index < -0.39 is 6.10 Å². The Balaban J connectivity index is 3.18. The highest BCUT2D eigenvalue weighted by Gasteiger charge is 2.08. The van der Waals surface area contributed by atoms with Gasteiger partial charge in [0.15, 0.2) is 5.82 Å². The third-order valence-electron chi connectivity index (χ3n) is 1.29. The predicted molar refractivity (Wildman–Crippen MR) is 34.5 cm³/mol. The van der Waals surface area contributed by atoms with Crippen LogP contribution in [0.5, 0.6) is 0 Å². The van der Waals surface area contributed by atoms with E-state index >= 15 is 0 Å². The van der Waals surface area contributed by atoms with Gasteiger partial charge < -0.3 is 5.11 Å². The minimum absolute atomic E-state index is 0.309. The molecule has 1 aromatic rings. The first-order chi connectivity index (χ1) is 4.63. The smallest absolute Gasteiger partial charge is 0.343 e. The molecule has 1 heterocycles. The van der Waals surface area contributed by atoms with Gasteiger partial charge in [-0.05, 0) is 6.92 Å². The van der Waals surface area contributed by atoms with Crippen LogP contribution in [0.4, 0.5) is 0 Å². The summed E-state index contributed by atoms with van der Waals surface area (Å²) in [6.07, 6.45) is -0.705. The van der Waals surface area contributed by atoms with Gasteiger partial charge in [0.05, 0.1) is 0 Å². The summed E-state index contributed by atoms with van der Waals surface area (Å²) >= 11 is 0. The molecule has 0 fully saturated rings. The molecular formula is C5H9N3O2. The lowest BCUT2D eigenvalue weighted by Crippen LogP contribution is -2.15. The number of hydrogen-bond donors (Lipinski definition) is 2. The lowest BCUT2D eigenvalue weighted by molar-refractivity contribution is 0.184. The normalized spacial score (nSPS) is 13.5. The highest BCUT2D eigenvalue weighted by Crippen LogP contribution is 2.02. The molecule has 2 N–H and O–H groups in total. The topological polar surface area (TPSA) is 70.9 Å². The third kappa shape index (κ3) is 0.950. The van der Waals surface area contributed by atoms with Gasteiger partial charge in [-0.25, -0.2) is 9.89 Å². The number of nitrogens with zero attached hydrogens (tertiary/aromatic N) is 2. The molecule has 0 radical (unpaired) electrons. The first kappa shape index (κ1) is 7.01. The lowest BCUT2D eigenvalue weighted by atomic mass is 10.4.